The number of nitrogens with zero attached hydrogens (tertiary/aromatic N) is 2. The van der Waals surface area contributed by atoms with Crippen LogP contribution in [0.15, 0.2) is 53.5 Å². The van der Waals surface area contributed by atoms with Crippen molar-refractivity contribution in [2.75, 3.05) is 13.1 Å². The van der Waals surface area contributed by atoms with Gasteiger partial charge in [0.1, 0.15) is 0 Å². The number of rotatable bonds is 1. The summed E-state index contributed by atoms with van der Waals surface area (Å²) in [5, 5.41) is 0. The van der Waals surface area contributed by atoms with E-state index in [0.29, 0.717) is 6.04 Å². The molecule has 20 heavy (non-hydrogen) atoms. The summed E-state index contributed by atoms with van der Waals surface area (Å²) in [7, 11) is 0. The molecule has 2 nitrogen and oxygen atoms in total. The number of benzene rings is 2. The van der Waals surface area contributed by atoms with Crippen LogP contribution in [0, 0.1) is 0 Å². The van der Waals surface area contributed by atoms with E-state index in [4.69, 9.17) is 4.99 Å². The first-order chi connectivity index (χ1) is 9.93. The summed E-state index contributed by atoms with van der Waals surface area (Å²) in [5.74, 6) is 0. The molecule has 1 atom stereocenters. The Morgan fingerprint density at radius 3 is 2.40 bits per heavy atom. The first kappa shape index (κ1) is 11.9. The zero-order valence-corrected chi connectivity index (χ0v) is 11.5. The van der Waals surface area contributed by atoms with Crippen LogP contribution >= 0.6 is 0 Å². The van der Waals surface area contributed by atoms with Crippen molar-refractivity contribution >= 4 is 11.9 Å². The third-order valence-electron chi connectivity index (χ3n) is 4.36. The van der Waals surface area contributed by atoms with Gasteiger partial charge in [0.15, 0.2) is 0 Å². The fourth-order valence-corrected chi connectivity index (χ4v) is 3.36. The third-order valence-corrected chi connectivity index (χ3v) is 4.36. The van der Waals surface area contributed by atoms with Gasteiger partial charge in [0.25, 0.3) is 0 Å². The molecule has 2 heteroatoms. The van der Waals surface area contributed by atoms with Crippen molar-refractivity contribution < 1.29 is 0 Å². The second kappa shape index (κ2) is 4.88. The highest BCUT2D eigenvalue weighted by Crippen LogP contribution is 2.39. The Kier molecular flexibility index (Phi) is 2.89. The van der Waals surface area contributed by atoms with E-state index in [2.05, 4.69) is 59.6 Å². The zero-order chi connectivity index (χ0) is 13.4. The summed E-state index contributed by atoms with van der Waals surface area (Å²) in [6, 6.07) is 17.5. The van der Waals surface area contributed by atoms with E-state index in [1.807, 2.05) is 0 Å². The fraction of sp³-hybridized carbons (Fsp3) is 0.278. The number of hydrogen-bond acceptors (Lipinski definition) is 2. The summed E-state index contributed by atoms with van der Waals surface area (Å²) >= 11 is 0. The molecule has 0 bridgehead atoms. The molecule has 0 saturated carbocycles. The van der Waals surface area contributed by atoms with Gasteiger partial charge >= 0.3 is 0 Å². The normalized spacial score (nSPS) is 21.3. The van der Waals surface area contributed by atoms with Gasteiger partial charge in [-0.15, -0.1) is 0 Å². The largest absolute Gasteiger partial charge is 0.292 e. The average Bonchev–Trinajstić information content (AvgIpc) is 2.97. The molecule has 2 aliphatic heterocycles. The van der Waals surface area contributed by atoms with E-state index >= 15 is 0 Å². The summed E-state index contributed by atoms with van der Waals surface area (Å²) in [5.41, 5.74) is 5.06. The second-order valence-corrected chi connectivity index (χ2v) is 5.57. The molecule has 100 valence electrons. The van der Waals surface area contributed by atoms with E-state index in [1.165, 1.54) is 42.6 Å². The van der Waals surface area contributed by atoms with Crippen LogP contribution in [-0.4, -0.2) is 24.2 Å². The highest BCUT2D eigenvalue weighted by atomic mass is 15.2. The van der Waals surface area contributed by atoms with E-state index in [1.54, 1.807) is 0 Å². The fourth-order valence-electron chi connectivity index (χ4n) is 3.36. The topological polar surface area (TPSA) is 15.6 Å². The number of para-hydroxylation sites is 1. The van der Waals surface area contributed by atoms with Crippen molar-refractivity contribution in [3.8, 4) is 11.1 Å². The smallest absolute Gasteiger partial charge is 0.0712 e. The predicted octanol–water partition coefficient (Wildman–Crippen LogP) is 4.21. The van der Waals surface area contributed by atoms with E-state index in [0.717, 1.165) is 5.69 Å². The molecule has 1 fully saturated rings. The molecule has 2 aliphatic rings. The maximum Gasteiger partial charge on any atom is 0.0712 e. The van der Waals surface area contributed by atoms with Crippen LogP contribution in [-0.2, 0) is 0 Å². The van der Waals surface area contributed by atoms with Crippen LogP contribution in [0.1, 0.15) is 24.4 Å². The molecule has 4 rings (SSSR count). The first-order valence-corrected chi connectivity index (χ1v) is 7.40. The lowest BCUT2D eigenvalue weighted by molar-refractivity contribution is 0.309. The Balaban J connectivity index is 1.90. The lowest BCUT2D eigenvalue weighted by Crippen LogP contribution is -2.26. The molecule has 2 aromatic rings. The molecule has 0 aromatic heterocycles. The second-order valence-electron chi connectivity index (χ2n) is 5.57. The molecular formula is C18H18N2. The van der Waals surface area contributed by atoms with E-state index in [9.17, 15) is 0 Å². The lowest BCUT2D eigenvalue weighted by atomic mass is 9.95. The minimum atomic E-state index is 0.320. The molecule has 2 heterocycles. The third kappa shape index (κ3) is 1.88. The minimum Gasteiger partial charge on any atom is -0.292 e. The van der Waals surface area contributed by atoms with Crippen LogP contribution < -0.4 is 0 Å². The quantitative estimate of drug-likeness (QED) is 0.751. The van der Waals surface area contributed by atoms with Crippen LogP contribution in [0.5, 0.6) is 0 Å². The maximum absolute atomic E-state index is 4.76. The highest BCUT2D eigenvalue weighted by Gasteiger charge is 2.26. The zero-order valence-electron chi connectivity index (χ0n) is 11.5. The molecule has 0 amide bonds. The molecule has 0 N–H and O–H groups in total. The van der Waals surface area contributed by atoms with Gasteiger partial charge in [-0.3, -0.25) is 9.89 Å². The molecule has 2 aromatic carbocycles. The number of aliphatic imine (C=N–C) groups is 1. The van der Waals surface area contributed by atoms with Crippen LogP contribution in [0.4, 0.5) is 5.69 Å². The summed E-state index contributed by atoms with van der Waals surface area (Å²) < 4.78 is 0. The Bertz CT molecular complexity index is 654. The number of hydrogen-bond donors (Lipinski definition) is 0. The average molecular weight is 262 g/mol. The Morgan fingerprint density at radius 2 is 1.55 bits per heavy atom. The summed E-state index contributed by atoms with van der Waals surface area (Å²) in [6.45, 7) is 2.36. The van der Waals surface area contributed by atoms with Gasteiger partial charge < -0.3 is 0 Å². The van der Waals surface area contributed by atoms with Crippen molar-refractivity contribution in [1.82, 2.24) is 4.90 Å². The molecular weight excluding hydrogens is 244 g/mol. The van der Waals surface area contributed by atoms with Crippen LogP contribution in [0.25, 0.3) is 11.1 Å². The first-order valence-electron chi connectivity index (χ1n) is 7.40. The number of fused-ring (bicyclic) bond motifs is 3. The van der Waals surface area contributed by atoms with Gasteiger partial charge in [0, 0.05) is 11.8 Å². The monoisotopic (exact) mass is 262 g/mol. The van der Waals surface area contributed by atoms with Crippen molar-refractivity contribution in [1.29, 1.82) is 0 Å². The lowest BCUT2D eigenvalue weighted by Gasteiger charge is -2.25. The Morgan fingerprint density at radius 1 is 0.850 bits per heavy atom. The minimum absolute atomic E-state index is 0.320. The van der Waals surface area contributed by atoms with Crippen molar-refractivity contribution in [3.63, 3.8) is 0 Å². The van der Waals surface area contributed by atoms with E-state index in [-0.39, 0.29) is 0 Å². The predicted molar refractivity (Wildman–Crippen MR) is 83.6 cm³/mol. The van der Waals surface area contributed by atoms with Gasteiger partial charge in [0.2, 0.25) is 0 Å². The highest BCUT2D eigenvalue weighted by molar-refractivity contribution is 5.87. The van der Waals surface area contributed by atoms with Crippen molar-refractivity contribution in [2.24, 2.45) is 4.99 Å². The standard InChI is InChI=1S/C18H18N2/c1-2-9-16-14(7-1)15-8-3-4-10-17(15)19-13-18(16)20-11-5-6-12-20/h1-4,7-10,13,18H,5-6,11-12H2. The van der Waals surface area contributed by atoms with Crippen LogP contribution in [0.3, 0.4) is 0 Å². The summed E-state index contributed by atoms with van der Waals surface area (Å²) in [6.07, 6.45) is 4.74. The Labute approximate surface area is 119 Å². The summed E-state index contributed by atoms with van der Waals surface area (Å²) in [4.78, 5) is 7.31. The molecule has 0 spiro atoms. The molecule has 1 saturated heterocycles. The molecule has 0 aliphatic carbocycles. The van der Waals surface area contributed by atoms with Gasteiger partial charge in [-0.2, -0.15) is 0 Å². The van der Waals surface area contributed by atoms with Gasteiger partial charge in [-0.1, -0.05) is 42.5 Å². The van der Waals surface area contributed by atoms with Gasteiger partial charge in [-0.25, -0.2) is 0 Å². The Hall–Kier alpha value is -1.93. The van der Waals surface area contributed by atoms with Crippen molar-refractivity contribution in [3.05, 3.63) is 54.1 Å². The van der Waals surface area contributed by atoms with Crippen molar-refractivity contribution in [2.45, 2.75) is 18.9 Å². The van der Waals surface area contributed by atoms with Gasteiger partial charge in [0.05, 0.1) is 11.7 Å². The maximum atomic E-state index is 4.76. The molecule has 1 unspecified atom stereocenters. The SMILES string of the molecule is C1=Nc2ccccc2-c2ccccc2C1N1CCCC1. The van der Waals surface area contributed by atoms with E-state index < -0.39 is 0 Å². The van der Waals surface area contributed by atoms with Gasteiger partial charge in [-0.05, 0) is 43.1 Å². The van der Waals surface area contributed by atoms with Crippen LogP contribution in [0.2, 0.25) is 0 Å². The molecule has 0 radical (unpaired) electrons. The number of likely N-dealkylation sites (tertiary alicyclic amines) is 1.